The van der Waals surface area contributed by atoms with Crippen LogP contribution in [0.2, 0.25) is 0 Å². The number of nitrogens with one attached hydrogen (secondary N) is 1. The Hall–Kier alpha value is -2.31. The fraction of sp³-hybridized carbons (Fsp3) is 0.278. The number of para-hydroxylation sites is 1. The second kappa shape index (κ2) is 10.5. The van der Waals surface area contributed by atoms with Crippen molar-refractivity contribution in [3.8, 4) is 0 Å². The molecule has 0 fully saturated rings. The molecule has 2 rings (SSSR count). The van der Waals surface area contributed by atoms with Crippen LogP contribution in [-0.4, -0.2) is 38.9 Å². The SMILES string of the molecule is CCNc1ccccc1.CO[C]1C=C(OC)C(C(=O)O)=C[C]1OC. The first kappa shape index (κ1) is 19.7. The monoisotopic (exact) mass is 333 g/mol. The van der Waals surface area contributed by atoms with Crippen molar-refractivity contribution in [2.45, 2.75) is 6.92 Å². The standard InChI is InChI=1S/C10H12O5.C8H11N/c1-13-7-5-9(15-3)8(14-2)4-6(7)10(11)12;1-2-9-8-6-4-3-5-7-8/h4-5H,1-3H3,(H,11,12);3-7,9H,2H2,1H3. The number of rotatable bonds is 6. The highest BCUT2D eigenvalue weighted by Gasteiger charge is 2.30. The third-order valence-corrected chi connectivity index (χ3v) is 3.09. The van der Waals surface area contributed by atoms with Crippen molar-refractivity contribution in [2.24, 2.45) is 0 Å². The van der Waals surface area contributed by atoms with Crippen LogP contribution in [0.1, 0.15) is 6.92 Å². The smallest absolute Gasteiger partial charge is 0.339 e. The molecule has 0 amide bonds. The first-order valence-electron chi connectivity index (χ1n) is 7.39. The van der Waals surface area contributed by atoms with Crippen LogP contribution in [-0.2, 0) is 19.0 Å². The lowest BCUT2D eigenvalue weighted by molar-refractivity contribution is -0.132. The van der Waals surface area contributed by atoms with Crippen molar-refractivity contribution < 1.29 is 24.1 Å². The number of carboxylic acid groups (broad SMARTS) is 1. The molecule has 6 nitrogen and oxygen atoms in total. The van der Waals surface area contributed by atoms with E-state index in [9.17, 15) is 4.79 Å². The summed E-state index contributed by atoms with van der Waals surface area (Å²) in [6.07, 6.45) is 3.62. The normalized spacial score (nSPS) is 14.8. The second-order valence-corrected chi connectivity index (χ2v) is 4.61. The van der Waals surface area contributed by atoms with E-state index in [2.05, 4.69) is 24.4 Å². The van der Waals surface area contributed by atoms with E-state index in [1.54, 1.807) is 0 Å². The summed E-state index contributed by atoms with van der Waals surface area (Å²) in [6.45, 7) is 3.08. The van der Waals surface area contributed by atoms with Crippen molar-refractivity contribution in [3.05, 3.63) is 66.0 Å². The molecule has 2 N–H and O–H groups in total. The van der Waals surface area contributed by atoms with Crippen LogP contribution in [0.5, 0.6) is 0 Å². The Morgan fingerprint density at radius 1 is 1.00 bits per heavy atom. The fourth-order valence-electron chi connectivity index (χ4n) is 1.96. The summed E-state index contributed by atoms with van der Waals surface area (Å²) in [5, 5.41) is 12.1. The first-order chi connectivity index (χ1) is 11.6. The van der Waals surface area contributed by atoms with Crippen molar-refractivity contribution in [2.75, 3.05) is 33.2 Å². The maximum absolute atomic E-state index is 10.9. The molecule has 1 aromatic carbocycles. The van der Waals surface area contributed by atoms with Gasteiger partial charge in [-0.1, -0.05) is 18.2 Å². The molecule has 0 spiro atoms. The Morgan fingerprint density at radius 2 is 1.58 bits per heavy atom. The largest absolute Gasteiger partial charge is 0.496 e. The summed E-state index contributed by atoms with van der Waals surface area (Å²) in [5.74, 6) is -0.840. The molecular weight excluding hydrogens is 310 g/mol. The minimum absolute atomic E-state index is 0.0372. The van der Waals surface area contributed by atoms with E-state index >= 15 is 0 Å². The van der Waals surface area contributed by atoms with Gasteiger partial charge in [-0.15, -0.1) is 0 Å². The molecule has 0 atom stereocenters. The van der Waals surface area contributed by atoms with Gasteiger partial charge in [-0.05, 0) is 31.2 Å². The summed E-state index contributed by atoms with van der Waals surface area (Å²) in [5.41, 5.74) is 1.23. The molecule has 0 aromatic heterocycles. The molecule has 0 aliphatic heterocycles. The summed E-state index contributed by atoms with van der Waals surface area (Å²) in [7, 11) is 4.31. The van der Waals surface area contributed by atoms with Gasteiger partial charge in [0.05, 0.1) is 7.11 Å². The maximum atomic E-state index is 10.9. The summed E-state index contributed by atoms with van der Waals surface area (Å²) in [4.78, 5) is 10.9. The van der Waals surface area contributed by atoms with Crippen molar-refractivity contribution in [1.82, 2.24) is 0 Å². The van der Waals surface area contributed by atoms with Crippen molar-refractivity contribution in [3.63, 3.8) is 0 Å². The van der Waals surface area contributed by atoms with Crippen LogP contribution < -0.4 is 5.32 Å². The number of carbonyl (C=O) groups is 1. The van der Waals surface area contributed by atoms with Gasteiger partial charge in [0.2, 0.25) is 0 Å². The fourth-order valence-corrected chi connectivity index (χ4v) is 1.96. The Labute approximate surface area is 142 Å². The molecule has 2 radical (unpaired) electrons. The zero-order valence-corrected chi connectivity index (χ0v) is 14.3. The number of methoxy groups -OCH3 is 3. The van der Waals surface area contributed by atoms with Crippen LogP contribution in [0.15, 0.2) is 53.8 Å². The highest BCUT2D eigenvalue weighted by atomic mass is 16.5. The molecular formula is C18H23NO5. The van der Waals surface area contributed by atoms with Gasteiger partial charge >= 0.3 is 5.97 Å². The van der Waals surface area contributed by atoms with Crippen LogP contribution in [0.4, 0.5) is 5.69 Å². The molecule has 1 aliphatic rings. The number of aliphatic carboxylic acids is 1. The number of carboxylic acids is 1. The molecule has 130 valence electrons. The molecule has 0 heterocycles. The third kappa shape index (κ3) is 5.72. The average Bonchev–Trinajstić information content (AvgIpc) is 2.62. The predicted octanol–water partition coefficient (Wildman–Crippen LogP) is 3.02. The number of hydrogen-bond donors (Lipinski definition) is 2. The van der Waals surface area contributed by atoms with Gasteiger partial charge in [0.1, 0.15) is 11.3 Å². The number of hydrogen-bond acceptors (Lipinski definition) is 5. The number of anilines is 1. The van der Waals surface area contributed by atoms with Gasteiger partial charge in [-0.2, -0.15) is 0 Å². The second-order valence-electron chi connectivity index (χ2n) is 4.61. The van der Waals surface area contributed by atoms with E-state index in [1.807, 2.05) is 18.2 Å². The minimum atomic E-state index is -1.08. The quantitative estimate of drug-likeness (QED) is 0.833. The Balaban J connectivity index is 0.000000272. The molecule has 1 aliphatic carbocycles. The van der Waals surface area contributed by atoms with Gasteiger partial charge < -0.3 is 24.6 Å². The summed E-state index contributed by atoms with van der Waals surface area (Å²) in [6, 6.07) is 10.2. The highest BCUT2D eigenvalue weighted by Crippen LogP contribution is 2.32. The van der Waals surface area contributed by atoms with E-state index in [-0.39, 0.29) is 11.3 Å². The van der Waals surface area contributed by atoms with Gasteiger partial charge in [0.25, 0.3) is 0 Å². The van der Waals surface area contributed by atoms with E-state index in [4.69, 9.17) is 19.3 Å². The minimum Gasteiger partial charge on any atom is -0.496 e. The van der Waals surface area contributed by atoms with Crippen LogP contribution >= 0.6 is 0 Å². The molecule has 0 unspecified atom stereocenters. The summed E-state index contributed by atoms with van der Waals surface area (Å²) < 4.78 is 14.9. The molecule has 0 bridgehead atoms. The van der Waals surface area contributed by atoms with Gasteiger partial charge in [0, 0.05) is 26.5 Å². The number of ether oxygens (including phenoxy) is 3. The lowest BCUT2D eigenvalue weighted by Gasteiger charge is -2.23. The van der Waals surface area contributed by atoms with Crippen LogP contribution in [0.25, 0.3) is 0 Å². The zero-order valence-electron chi connectivity index (χ0n) is 14.3. The van der Waals surface area contributed by atoms with Crippen LogP contribution in [0.3, 0.4) is 0 Å². The van der Waals surface area contributed by atoms with E-state index < -0.39 is 5.97 Å². The van der Waals surface area contributed by atoms with Gasteiger partial charge in [-0.3, -0.25) is 0 Å². The molecule has 0 saturated heterocycles. The Kier molecular flexibility index (Phi) is 8.60. The third-order valence-electron chi connectivity index (χ3n) is 3.09. The van der Waals surface area contributed by atoms with Crippen molar-refractivity contribution in [1.29, 1.82) is 0 Å². The maximum Gasteiger partial charge on any atom is 0.339 e. The molecule has 1 aromatic rings. The molecule has 24 heavy (non-hydrogen) atoms. The molecule has 0 saturated carbocycles. The topological polar surface area (TPSA) is 77.0 Å². The Bertz CT molecular complexity index is 568. The Morgan fingerprint density at radius 3 is 2.04 bits per heavy atom. The summed E-state index contributed by atoms with van der Waals surface area (Å²) >= 11 is 0. The van der Waals surface area contributed by atoms with Gasteiger partial charge in [0.15, 0.2) is 12.2 Å². The van der Waals surface area contributed by atoms with E-state index in [1.165, 1.54) is 39.2 Å². The lowest BCUT2D eigenvalue weighted by atomic mass is 10.0. The predicted molar refractivity (Wildman–Crippen MR) is 91.9 cm³/mol. The number of benzene rings is 1. The first-order valence-corrected chi connectivity index (χ1v) is 7.39. The molecule has 6 heteroatoms. The van der Waals surface area contributed by atoms with E-state index in [0.717, 1.165) is 6.54 Å². The van der Waals surface area contributed by atoms with E-state index in [0.29, 0.717) is 12.2 Å². The highest BCUT2D eigenvalue weighted by molar-refractivity contribution is 5.92. The van der Waals surface area contributed by atoms with Crippen molar-refractivity contribution >= 4 is 11.7 Å². The zero-order chi connectivity index (χ0) is 17.9. The average molecular weight is 333 g/mol. The van der Waals surface area contributed by atoms with Crippen LogP contribution in [0, 0.1) is 12.2 Å². The lowest BCUT2D eigenvalue weighted by Crippen LogP contribution is -2.19. The van der Waals surface area contributed by atoms with Gasteiger partial charge in [-0.25, -0.2) is 4.79 Å².